The van der Waals surface area contributed by atoms with Gasteiger partial charge in [-0.15, -0.1) is 0 Å². The molecule has 0 unspecified atom stereocenters. The Bertz CT molecular complexity index is 832. The van der Waals surface area contributed by atoms with E-state index in [0.717, 1.165) is 11.1 Å². The van der Waals surface area contributed by atoms with Gasteiger partial charge in [-0.1, -0.05) is 6.08 Å². The van der Waals surface area contributed by atoms with Gasteiger partial charge in [0.2, 0.25) is 0 Å². The highest BCUT2D eigenvalue weighted by atomic mass is 19.1. The Morgan fingerprint density at radius 1 is 1.32 bits per heavy atom. The highest BCUT2D eigenvalue weighted by Crippen LogP contribution is 2.37. The molecule has 0 amide bonds. The van der Waals surface area contributed by atoms with E-state index < -0.39 is 11.6 Å². The maximum absolute atomic E-state index is 13.5. The van der Waals surface area contributed by atoms with Crippen molar-refractivity contribution in [3.05, 3.63) is 64.7 Å². The molecule has 1 atom stereocenters. The number of ether oxygens (including phenoxy) is 3. The molecule has 0 bridgehead atoms. The van der Waals surface area contributed by atoms with Crippen LogP contribution in [0.1, 0.15) is 37.0 Å². The van der Waals surface area contributed by atoms with Crippen LogP contribution in [0, 0.1) is 5.82 Å². The number of ketones is 1. The second kappa shape index (κ2) is 5.93. The summed E-state index contributed by atoms with van der Waals surface area (Å²) in [5.41, 5.74) is 2.10. The van der Waals surface area contributed by atoms with Crippen molar-refractivity contribution in [1.29, 1.82) is 0 Å². The Labute approximate surface area is 145 Å². The lowest BCUT2D eigenvalue weighted by molar-refractivity contribution is -0.133. The van der Waals surface area contributed by atoms with Gasteiger partial charge in [-0.05, 0) is 56.2 Å². The van der Waals surface area contributed by atoms with Crippen LogP contribution in [0.2, 0.25) is 0 Å². The first kappa shape index (κ1) is 16.2. The van der Waals surface area contributed by atoms with Crippen LogP contribution in [0.15, 0.2) is 53.3 Å². The van der Waals surface area contributed by atoms with E-state index in [-0.39, 0.29) is 23.9 Å². The first-order valence-electron chi connectivity index (χ1n) is 8.34. The average Bonchev–Trinajstić information content (AvgIpc) is 2.82. The Hall–Kier alpha value is -2.24. The van der Waals surface area contributed by atoms with Gasteiger partial charge in [-0.25, -0.2) is 4.39 Å². The lowest BCUT2D eigenvalue weighted by Gasteiger charge is -2.19. The van der Waals surface area contributed by atoms with Crippen molar-refractivity contribution in [2.45, 2.75) is 38.6 Å². The fraction of sp³-hybridized carbons (Fsp3) is 0.350. The highest BCUT2D eigenvalue weighted by Gasteiger charge is 2.33. The topological polar surface area (TPSA) is 44.8 Å². The smallest absolute Gasteiger partial charge is 0.171 e. The third-order valence-electron chi connectivity index (χ3n) is 4.51. The van der Waals surface area contributed by atoms with Crippen LogP contribution in [0.3, 0.4) is 0 Å². The predicted molar refractivity (Wildman–Crippen MR) is 89.7 cm³/mol. The zero-order chi connectivity index (χ0) is 17.6. The van der Waals surface area contributed by atoms with E-state index in [0.29, 0.717) is 24.5 Å². The van der Waals surface area contributed by atoms with Gasteiger partial charge in [-0.2, -0.15) is 0 Å². The van der Waals surface area contributed by atoms with Crippen LogP contribution in [-0.4, -0.2) is 24.3 Å². The molecule has 1 aliphatic carbocycles. The number of fused-ring (bicyclic) bond motifs is 1. The number of hydrogen-bond donors (Lipinski definition) is 0. The monoisotopic (exact) mass is 342 g/mol. The minimum atomic E-state index is -0.604. The first-order chi connectivity index (χ1) is 11.9. The number of carbonyl (C=O) groups excluding carboxylic acids is 1. The molecular weight excluding hydrogens is 323 g/mol. The average molecular weight is 342 g/mol. The Morgan fingerprint density at radius 3 is 2.92 bits per heavy atom. The number of Topliss-reactive ketones (excluding diaryl/α,β-unsaturated/α-hetero) is 1. The maximum atomic E-state index is 13.5. The van der Waals surface area contributed by atoms with Gasteiger partial charge in [0.1, 0.15) is 23.4 Å². The number of allylic oxidation sites excluding steroid dienone is 4. The van der Waals surface area contributed by atoms with Gasteiger partial charge in [-0.3, -0.25) is 4.79 Å². The summed E-state index contributed by atoms with van der Waals surface area (Å²) in [6.07, 6.45) is 6.57. The molecule has 1 aromatic carbocycles. The summed E-state index contributed by atoms with van der Waals surface area (Å²) in [6.45, 7) is 4.23. The van der Waals surface area contributed by atoms with Crippen LogP contribution in [0.4, 0.5) is 4.39 Å². The van der Waals surface area contributed by atoms with Crippen LogP contribution in [0.5, 0.6) is 5.75 Å². The highest BCUT2D eigenvalue weighted by molar-refractivity contribution is 6.01. The fourth-order valence-electron chi connectivity index (χ4n) is 3.35. The molecule has 1 fully saturated rings. The third kappa shape index (κ3) is 3.17. The molecule has 5 heteroatoms. The Kier molecular flexibility index (Phi) is 3.85. The van der Waals surface area contributed by atoms with E-state index in [1.54, 1.807) is 0 Å². The second-order valence-electron chi connectivity index (χ2n) is 6.85. The summed E-state index contributed by atoms with van der Waals surface area (Å²) in [6, 6.07) is 4.03. The Morgan fingerprint density at radius 2 is 2.16 bits per heavy atom. The van der Waals surface area contributed by atoms with Gasteiger partial charge < -0.3 is 14.2 Å². The lowest BCUT2D eigenvalue weighted by atomic mass is 9.91. The summed E-state index contributed by atoms with van der Waals surface area (Å²) in [5.74, 6) is -0.170. The van der Waals surface area contributed by atoms with E-state index in [2.05, 4.69) is 0 Å². The molecule has 25 heavy (non-hydrogen) atoms. The van der Waals surface area contributed by atoms with Gasteiger partial charge in [0.15, 0.2) is 11.6 Å². The molecule has 130 valence electrons. The van der Waals surface area contributed by atoms with Crippen molar-refractivity contribution in [3.8, 4) is 5.75 Å². The molecule has 0 spiro atoms. The third-order valence-corrected chi connectivity index (χ3v) is 4.51. The van der Waals surface area contributed by atoms with E-state index in [9.17, 15) is 9.18 Å². The molecule has 3 aliphatic rings. The molecule has 2 aliphatic heterocycles. The number of halogens is 1. The van der Waals surface area contributed by atoms with Crippen LogP contribution >= 0.6 is 0 Å². The normalized spacial score (nSPS) is 26.3. The van der Waals surface area contributed by atoms with Crippen LogP contribution in [0.25, 0.3) is 0 Å². The number of hydrogen-bond acceptors (Lipinski definition) is 4. The first-order valence-corrected chi connectivity index (χ1v) is 8.34. The largest absolute Gasteiger partial charge is 0.456 e. The van der Waals surface area contributed by atoms with Crippen molar-refractivity contribution >= 4 is 5.78 Å². The number of benzene rings is 1. The summed E-state index contributed by atoms with van der Waals surface area (Å²) >= 11 is 0. The van der Waals surface area contributed by atoms with Crippen LogP contribution in [-0.2, 0) is 9.47 Å². The maximum Gasteiger partial charge on any atom is 0.171 e. The molecule has 0 radical (unpaired) electrons. The minimum Gasteiger partial charge on any atom is -0.456 e. The van der Waals surface area contributed by atoms with Crippen molar-refractivity contribution in [2.24, 2.45) is 0 Å². The zero-order valence-electron chi connectivity index (χ0n) is 14.2. The predicted octanol–water partition coefficient (Wildman–Crippen LogP) is 4.08. The van der Waals surface area contributed by atoms with Crippen molar-refractivity contribution in [2.75, 3.05) is 6.61 Å². The number of rotatable bonds is 1. The fourth-order valence-corrected chi connectivity index (χ4v) is 3.35. The summed E-state index contributed by atoms with van der Waals surface area (Å²) in [4.78, 5) is 12.6. The van der Waals surface area contributed by atoms with Crippen molar-refractivity contribution in [1.82, 2.24) is 0 Å². The van der Waals surface area contributed by atoms with Gasteiger partial charge in [0, 0.05) is 12.0 Å². The van der Waals surface area contributed by atoms with E-state index in [1.807, 2.05) is 32.1 Å². The summed E-state index contributed by atoms with van der Waals surface area (Å²) in [7, 11) is 0. The SMILES string of the molecule is CC1(C)OC[C@@H](C=C2CC=CC3=C2CC(=O)c2cc(F)ccc2O3)O1. The van der Waals surface area contributed by atoms with E-state index in [4.69, 9.17) is 14.2 Å². The van der Waals surface area contributed by atoms with Gasteiger partial charge >= 0.3 is 0 Å². The molecular formula is C20H19FO4. The molecule has 0 saturated carbocycles. The van der Waals surface area contributed by atoms with Crippen LogP contribution < -0.4 is 4.74 Å². The van der Waals surface area contributed by atoms with Crippen molar-refractivity contribution < 1.29 is 23.4 Å². The second-order valence-corrected chi connectivity index (χ2v) is 6.85. The number of carbonyl (C=O) groups is 1. The molecule has 1 aromatic rings. The molecule has 0 aromatic heterocycles. The zero-order valence-corrected chi connectivity index (χ0v) is 14.2. The van der Waals surface area contributed by atoms with Gasteiger partial charge in [0.25, 0.3) is 0 Å². The molecule has 0 N–H and O–H groups in total. The van der Waals surface area contributed by atoms with E-state index in [1.165, 1.54) is 18.2 Å². The summed E-state index contributed by atoms with van der Waals surface area (Å²) in [5, 5.41) is 0. The quantitative estimate of drug-likeness (QED) is 0.771. The minimum absolute atomic E-state index is 0.148. The Balaban J connectivity index is 1.68. The van der Waals surface area contributed by atoms with Gasteiger partial charge in [0.05, 0.1) is 12.2 Å². The lowest BCUT2D eigenvalue weighted by Crippen LogP contribution is -2.21. The molecule has 4 rings (SSSR count). The van der Waals surface area contributed by atoms with Crippen molar-refractivity contribution in [3.63, 3.8) is 0 Å². The molecule has 4 nitrogen and oxygen atoms in total. The molecule has 2 heterocycles. The van der Waals surface area contributed by atoms with E-state index >= 15 is 0 Å². The molecule has 1 saturated heterocycles. The standard InChI is InChI=1S/C20H19FO4/c1-20(2)23-11-14(25-20)8-12-4-3-5-18-15(12)10-17(22)16-9-13(21)6-7-19(16)24-18/h3,5-9,14H,4,10-11H2,1-2H3/t14-/m1/s1. The summed E-state index contributed by atoms with van der Waals surface area (Å²) < 4.78 is 30.9.